The van der Waals surface area contributed by atoms with Crippen molar-refractivity contribution in [3.05, 3.63) is 23.9 Å². The minimum absolute atomic E-state index is 0.227. The van der Waals surface area contributed by atoms with Gasteiger partial charge in [-0.2, -0.15) is 0 Å². The summed E-state index contributed by atoms with van der Waals surface area (Å²) >= 11 is 0. The second-order valence-electron chi connectivity index (χ2n) is 6.01. The Morgan fingerprint density at radius 1 is 1.43 bits per heavy atom. The minimum Gasteiger partial charge on any atom is -0.369 e. The number of aryl methyl sites for hydroxylation is 1. The Kier molecular flexibility index (Phi) is 5.56. The average Bonchev–Trinajstić information content (AvgIpc) is 2.46. The fraction of sp³-hybridized carbons (Fsp3) is 0.625. The lowest BCUT2D eigenvalue weighted by molar-refractivity contribution is -0.120. The molecule has 1 aromatic heterocycles. The molecule has 0 unspecified atom stereocenters. The Bertz CT molecular complexity index is 475. The predicted octanol–water partition coefficient (Wildman–Crippen LogP) is 1.42. The number of likely N-dealkylation sites (tertiary alicyclic amines) is 1. The van der Waals surface area contributed by atoms with Gasteiger partial charge in [-0.3, -0.25) is 9.69 Å². The van der Waals surface area contributed by atoms with Crippen LogP contribution in [0.25, 0.3) is 0 Å². The second-order valence-corrected chi connectivity index (χ2v) is 6.01. The quantitative estimate of drug-likeness (QED) is 0.860. The number of primary amides is 1. The van der Waals surface area contributed by atoms with Gasteiger partial charge in [-0.1, -0.05) is 12.5 Å². The number of piperidine rings is 1. The number of nitrogens with zero attached hydrogens (tertiary/aromatic N) is 3. The van der Waals surface area contributed by atoms with Crippen LogP contribution in [0.1, 0.15) is 31.4 Å². The largest absolute Gasteiger partial charge is 0.369 e. The SMILES string of the molecule is CN(C)c1cccc(CC[C@@H]2CCCCN2CC(N)=O)n1. The number of rotatable bonds is 6. The number of pyridine rings is 1. The number of hydrogen-bond donors (Lipinski definition) is 1. The number of carbonyl (C=O) groups excluding carboxylic acids is 1. The van der Waals surface area contributed by atoms with E-state index in [2.05, 4.69) is 22.0 Å². The molecule has 5 nitrogen and oxygen atoms in total. The van der Waals surface area contributed by atoms with E-state index >= 15 is 0 Å². The number of anilines is 1. The molecule has 5 heteroatoms. The van der Waals surface area contributed by atoms with Crippen LogP contribution < -0.4 is 10.6 Å². The van der Waals surface area contributed by atoms with Crippen molar-refractivity contribution >= 4 is 11.7 Å². The van der Waals surface area contributed by atoms with Gasteiger partial charge in [-0.25, -0.2) is 4.98 Å². The highest BCUT2D eigenvalue weighted by atomic mass is 16.1. The third kappa shape index (κ3) is 4.70. The van der Waals surface area contributed by atoms with Gasteiger partial charge in [0.15, 0.2) is 0 Å². The van der Waals surface area contributed by atoms with E-state index in [1.54, 1.807) is 0 Å². The van der Waals surface area contributed by atoms with E-state index in [0.29, 0.717) is 12.6 Å². The molecule has 0 aromatic carbocycles. The maximum atomic E-state index is 11.2. The highest BCUT2D eigenvalue weighted by molar-refractivity contribution is 5.75. The fourth-order valence-electron chi connectivity index (χ4n) is 2.96. The van der Waals surface area contributed by atoms with Gasteiger partial charge in [0.25, 0.3) is 0 Å². The first-order valence-electron chi connectivity index (χ1n) is 7.72. The first-order chi connectivity index (χ1) is 10.1. The van der Waals surface area contributed by atoms with Crippen molar-refractivity contribution in [1.82, 2.24) is 9.88 Å². The molecule has 116 valence electrons. The van der Waals surface area contributed by atoms with Crippen LogP contribution in [-0.2, 0) is 11.2 Å². The normalized spacial score (nSPS) is 19.4. The van der Waals surface area contributed by atoms with Crippen molar-refractivity contribution in [2.75, 3.05) is 32.1 Å². The predicted molar refractivity (Wildman–Crippen MR) is 85.3 cm³/mol. The highest BCUT2D eigenvalue weighted by Crippen LogP contribution is 2.21. The molecular weight excluding hydrogens is 264 g/mol. The molecule has 0 spiro atoms. The maximum Gasteiger partial charge on any atom is 0.231 e. The molecule has 1 aliphatic heterocycles. The molecule has 2 rings (SSSR count). The van der Waals surface area contributed by atoms with Gasteiger partial charge in [0.05, 0.1) is 6.54 Å². The van der Waals surface area contributed by atoms with Crippen LogP contribution in [0, 0.1) is 0 Å². The zero-order valence-electron chi connectivity index (χ0n) is 13.1. The lowest BCUT2D eigenvalue weighted by Gasteiger charge is -2.34. The summed E-state index contributed by atoms with van der Waals surface area (Å²) in [6.07, 6.45) is 5.54. The van der Waals surface area contributed by atoms with E-state index in [1.165, 1.54) is 6.42 Å². The van der Waals surface area contributed by atoms with Crippen LogP contribution in [0.3, 0.4) is 0 Å². The first kappa shape index (κ1) is 15.8. The van der Waals surface area contributed by atoms with E-state index < -0.39 is 0 Å². The van der Waals surface area contributed by atoms with Crippen LogP contribution in [-0.4, -0.2) is 49.0 Å². The topological polar surface area (TPSA) is 62.5 Å². The Morgan fingerprint density at radius 3 is 2.95 bits per heavy atom. The van der Waals surface area contributed by atoms with Gasteiger partial charge in [0.2, 0.25) is 5.91 Å². The van der Waals surface area contributed by atoms with E-state index in [-0.39, 0.29) is 5.91 Å². The van der Waals surface area contributed by atoms with Crippen molar-refractivity contribution in [2.24, 2.45) is 5.73 Å². The molecule has 1 aliphatic rings. The number of carbonyl (C=O) groups is 1. The Morgan fingerprint density at radius 2 is 2.24 bits per heavy atom. The molecule has 1 amide bonds. The van der Waals surface area contributed by atoms with E-state index in [0.717, 1.165) is 43.7 Å². The van der Waals surface area contributed by atoms with Gasteiger partial charge >= 0.3 is 0 Å². The summed E-state index contributed by atoms with van der Waals surface area (Å²) in [5.41, 5.74) is 6.46. The van der Waals surface area contributed by atoms with Crippen molar-refractivity contribution in [3.63, 3.8) is 0 Å². The van der Waals surface area contributed by atoms with Crippen molar-refractivity contribution in [1.29, 1.82) is 0 Å². The molecule has 0 saturated carbocycles. The van der Waals surface area contributed by atoms with E-state index in [9.17, 15) is 4.79 Å². The van der Waals surface area contributed by atoms with Gasteiger partial charge in [-0.15, -0.1) is 0 Å². The van der Waals surface area contributed by atoms with Crippen LogP contribution in [0.4, 0.5) is 5.82 Å². The lowest BCUT2D eigenvalue weighted by atomic mass is 9.97. The Balaban J connectivity index is 1.94. The third-order valence-electron chi connectivity index (χ3n) is 4.09. The van der Waals surface area contributed by atoms with Gasteiger partial charge in [0, 0.05) is 25.8 Å². The summed E-state index contributed by atoms with van der Waals surface area (Å²) in [5, 5.41) is 0. The summed E-state index contributed by atoms with van der Waals surface area (Å²) in [6.45, 7) is 1.37. The molecule has 1 atom stereocenters. The lowest BCUT2D eigenvalue weighted by Crippen LogP contribution is -2.44. The monoisotopic (exact) mass is 290 g/mol. The van der Waals surface area contributed by atoms with Gasteiger partial charge in [0.1, 0.15) is 5.82 Å². The summed E-state index contributed by atoms with van der Waals surface area (Å²) in [4.78, 5) is 20.1. The number of amides is 1. The van der Waals surface area contributed by atoms with E-state index in [4.69, 9.17) is 5.73 Å². The number of aromatic nitrogens is 1. The van der Waals surface area contributed by atoms with Crippen LogP contribution in [0.15, 0.2) is 18.2 Å². The fourth-order valence-corrected chi connectivity index (χ4v) is 2.96. The smallest absolute Gasteiger partial charge is 0.231 e. The summed E-state index contributed by atoms with van der Waals surface area (Å²) < 4.78 is 0. The maximum absolute atomic E-state index is 11.2. The van der Waals surface area contributed by atoms with Crippen molar-refractivity contribution in [2.45, 2.75) is 38.1 Å². The molecule has 0 bridgehead atoms. The summed E-state index contributed by atoms with van der Waals surface area (Å²) in [5.74, 6) is 0.764. The molecule has 21 heavy (non-hydrogen) atoms. The van der Waals surface area contributed by atoms with Crippen molar-refractivity contribution in [3.8, 4) is 0 Å². The van der Waals surface area contributed by atoms with Crippen LogP contribution >= 0.6 is 0 Å². The average molecular weight is 290 g/mol. The molecule has 1 fully saturated rings. The molecule has 0 aliphatic carbocycles. The minimum atomic E-state index is -0.227. The second kappa shape index (κ2) is 7.41. The molecule has 1 saturated heterocycles. The molecule has 2 heterocycles. The zero-order chi connectivity index (χ0) is 15.2. The molecular formula is C16H26N4O. The standard InChI is InChI=1S/C16H26N4O/c1-19(2)16-8-5-6-13(18-16)9-10-14-7-3-4-11-20(14)12-15(17)21/h5-6,8,14H,3-4,7,9-12H2,1-2H3,(H2,17,21)/t14-/m0/s1. The Labute approximate surface area is 127 Å². The van der Waals surface area contributed by atoms with Crippen LogP contribution in [0.2, 0.25) is 0 Å². The highest BCUT2D eigenvalue weighted by Gasteiger charge is 2.23. The molecule has 2 N–H and O–H groups in total. The Hall–Kier alpha value is -1.62. The van der Waals surface area contributed by atoms with Crippen LogP contribution in [0.5, 0.6) is 0 Å². The number of hydrogen-bond acceptors (Lipinski definition) is 4. The molecule has 1 aromatic rings. The first-order valence-corrected chi connectivity index (χ1v) is 7.72. The summed E-state index contributed by atoms with van der Waals surface area (Å²) in [6, 6.07) is 6.60. The van der Waals surface area contributed by atoms with Gasteiger partial charge in [-0.05, 0) is 44.4 Å². The molecule has 0 radical (unpaired) electrons. The zero-order valence-corrected chi connectivity index (χ0v) is 13.1. The van der Waals surface area contributed by atoms with Crippen molar-refractivity contribution < 1.29 is 4.79 Å². The third-order valence-corrected chi connectivity index (χ3v) is 4.09. The summed E-state index contributed by atoms with van der Waals surface area (Å²) in [7, 11) is 4.00. The van der Waals surface area contributed by atoms with Gasteiger partial charge < -0.3 is 10.6 Å². The van der Waals surface area contributed by atoms with E-state index in [1.807, 2.05) is 25.1 Å². The number of nitrogens with two attached hydrogens (primary N) is 1.